The summed E-state index contributed by atoms with van der Waals surface area (Å²) in [6.45, 7) is 2.39. The molecule has 1 saturated heterocycles. The number of guanidine groups is 1. The Morgan fingerprint density at radius 1 is 0.970 bits per heavy atom. The summed E-state index contributed by atoms with van der Waals surface area (Å²) in [6.07, 6.45) is 3.17. The molecule has 2 N–H and O–H groups in total. The molecule has 0 radical (unpaired) electrons. The average Bonchev–Trinajstić information content (AvgIpc) is 2.85. The minimum absolute atomic E-state index is 0.0189. The van der Waals surface area contributed by atoms with Crippen LogP contribution in [-0.4, -0.2) is 68.4 Å². The highest BCUT2D eigenvalue weighted by atomic mass is 16.2. The second-order valence-corrected chi connectivity index (χ2v) is 8.69. The lowest BCUT2D eigenvalue weighted by molar-refractivity contribution is -0.131. The zero-order valence-corrected chi connectivity index (χ0v) is 19.9. The van der Waals surface area contributed by atoms with E-state index in [9.17, 15) is 9.59 Å². The summed E-state index contributed by atoms with van der Waals surface area (Å²) in [6, 6.07) is 18.0. The predicted molar refractivity (Wildman–Crippen MR) is 132 cm³/mol. The average molecular weight is 450 g/mol. The zero-order valence-electron chi connectivity index (χ0n) is 19.9. The van der Waals surface area contributed by atoms with E-state index in [1.807, 2.05) is 35.2 Å². The van der Waals surface area contributed by atoms with Crippen molar-refractivity contribution < 1.29 is 9.59 Å². The first-order valence-corrected chi connectivity index (χ1v) is 11.5. The van der Waals surface area contributed by atoms with E-state index in [-0.39, 0.29) is 18.4 Å². The maximum atomic E-state index is 12.7. The summed E-state index contributed by atoms with van der Waals surface area (Å²) >= 11 is 0. The number of nitrogens with one attached hydrogen (secondary N) is 2. The fourth-order valence-electron chi connectivity index (χ4n) is 4.03. The molecule has 0 bridgehead atoms. The van der Waals surface area contributed by atoms with Gasteiger partial charge in [0.1, 0.15) is 0 Å². The molecular formula is C26H35N5O2. The van der Waals surface area contributed by atoms with E-state index in [1.165, 1.54) is 5.56 Å². The van der Waals surface area contributed by atoms with Gasteiger partial charge in [-0.3, -0.25) is 14.6 Å². The number of amides is 2. The Balaban J connectivity index is 1.39. The van der Waals surface area contributed by atoms with Gasteiger partial charge in [-0.05, 0) is 48.4 Å². The molecule has 0 saturated carbocycles. The molecule has 2 aromatic carbocycles. The third-order valence-corrected chi connectivity index (χ3v) is 6.03. The van der Waals surface area contributed by atoms with Gasteiger partial charge in [-0.2, -0.15) is 0 Å². The molecule has 3 rings (SSSR count). The molecule has 2 aromatic rings. The molecule has 1 aliphatic heterocycles. The van der Waals surface area contributed by atoms with Gasteiger partial charge in [-0.25, -0.2) is 0 Å². The minimum atomic E-state index is -0.0189. The van der Waals surface area contributed by atoms with Crippen LogP contribution in [0.5, 0.6) is 0 Å². The van der Waals surface area contributed by atoms with Crippen LogP contribution in [0.1, 0.15) is 34.3 Å². The normalized spacial score (nSPS) is 14.6. The van der Waals surface area contributed by atoms with Crippen molar-refractivity contribution in [3.05, 3.63) is 71.3 Å². The van der Waals surface area contributed by atoms with Crippen LogP contribution in [0, 0.1) is 5.92 Å². The number of nitrogens with zero attached hydrogens (tertiary/aromatic N) is 3. The lowest BCUT2D eigenvalue weighted by Crippen LogP contribution is -2.46. The van der Waals surface area contributed by atoms with Crippen molar-refractivity contribution in [2.75, 3.05) is 40.8 Å². The molecule has 0 aliphatic carbocycles. The number of carbonyl (C=O) groups is 2. The maximum absolute atomic E-state index is 12.7. The van der Waals surface area contributed by atoms with E-state index in [2.05, 4.69) is 39.9 Å². The summed E-state index contributed by atoms with van der Waals surface area (Å²) in [5.74, 6) is 1.30. The van der Waals surface area contributed by atoms with Crippen LogP contribution < -0.4 is 10.6 Å². The first-order chi connectivity index (χ1) is 16.0. The van der Waals surface area contributed by atoms with Crippen LogP contribution in [0.3, 0.4) is 0 Å². The first-order valence-electron chi connectivity index (χ1n) is 11.5. The fraction of sp³-hybridized carbons (Fsp3) is 0.423. The molecule has 0 spiro atoms. The SMILES string of the molecule is CN=C(NCC(=O)N1CCC(Cc2ccccc2)CC1)NCc1ccc(C(=O)N(C)C)cc1. The number of benzene rings is 2. The topological polar surface area (TPSA) is 77.0 Å². The zero-order chi connectivity index (χ0) is 23.6. The highest BCUT2D eigenvalue weighted by Crippen LogP contribution is 2.21. The van der Waals surface area contributed by atoms with Gasteiger partial charge in [0.25, 0.3) is 5.91 Å². The van der Waals surface area contributed by atoms with Crippen molar-refractivity contribution in [3.8, 4) is 0 Å². The molecule has 1 heterocycles. The Bertz CT molecular complexity index is 933. The highest BCUT2D eigenvalue weighted by molar-refractivity contribution is 5.93. The summed E-state index contributed by atoms with van der Waals surface area (Å²) in [5.41, 5.74) is 3.06. The Morgan fingerprint density at radius 2 is 1.64 bits per heavy atom. The van der Waals surface area contributed by atoms with Crippen molar-refractivity contribution in [3.63, 3.8) is 0 Å². The molecular weight excluding hydrogens is 414 g/mol. The molecule has 7 nitrogen and oxygen atoms in total. The molecule has 0 atom stereocenters. The molecule has 176 valence electrons. The van der Waals surface area contributed by atoms with Crippen molar-refractivity contribution >= 4 is 17.8 Å². The van der Waals surface area contributed by atoms with Gasteiger partial charge >= 0.3 is 0 Å². The van der Waals surface area contributed by atoms with Gasteiger partial charge < -0.3 is 20.4 Å². The number of hydrogen-bond acceptors (Lipinski definition) is 3. The number of likely N-dealkylation sites (tertiary alicyclic amines) is 1. The van der Waals surface area contributed by atoms with E-state index in [0.29, 0.717) is 24.0 Å². The molecule has 1 fully saturated rings. The third kappa shape index (κ3) is 7.34. The van der Waals surface area contributed by atoms with Crippen LogP contribution in [0.4, 0.5) is 0 Å². The second-order valence-electron chi connectivity index (χ2n) is 8.69. The standard InChI is InChI=1S/C26H35N5O2/c1-27-26(28-18-22-9-11-23(12-10-22)25(33)30(2)3)29-19-24(32)31-15-13-21(14-16-31)17-20-7-5-4-6-8-20/h4-12,21H,13-19H2,1-3H3,(H2,27,28,29). The largest absolute Gasteiger partial charge is 0.352 e. The van der Waals surface area contributed by atoms with Crippen LogP contribution in [0.2, 0.25) is 0 Å². The van der Waals surface area contributed by atoms with Crippen molar-refractivity contribution in [2.45, 2.75) is 25.8 Å². The third-order valence-electron chi connectivity index (χ3n) is 6.03. The molecule has 0 aromatic heterocycles. The van der Waals surface area contributed by atoms with Gasteiger partial charge in [0.15, 0.2) is 5.96 Å². The number of rotatable bonds is 7. The first kappa shape index (κ1) is 24.3. The summed E-state index contributed by atoms with van der Waals surface area (Å²) in [4.78, 5) is 32.4. The van der Waals surface area contributed by atoms with Crippen LogP contribution in [0.15, 0.2) is 59.6 Å². The smallest absolute Gasteiger partial charge is 0.253 e. The minimum Gasteiger partial charge on any atom is -0.352 e. The van der Waals surface area contributed by atoms with Gasteiger partial charge in [-0.1, -0.05) is 42.5 Å². The van der Waals surface area contributed by atoms with E-state index in [4.69, 9.17) is 0 Å². The van der Waals surface area contributed by atoms with E-state index < -0.39 is 0 Å². The van der Waals surface area contributed by atoms with Crippen LogP contribution >= 0.6 is 0 Å². The van der Waals surface area contributed by atoms with Gasteiger partial charge in [-0.15, -0.1) is 0 Å². The van der Waals surface area contributed by atoms with Gasteiger partial charge in [0.05, 0.1) is 6.54 Å². The predicted octanol–water partition coefficient (Wildman–Crippen LogP) is 2.53. The Kier molecular flexibility index (Phi) is 8.87. The molecule has 2 amide bonds. The summed E-state index contributed by atoms with van der Waals surface area (Å²) < 4.78 is 0. The Hall–Kier alpha value is -3.35. The second kappa shape index (κ2) is 12.0. The number of carbonyl (C=O) groups excluding carboxylic acids is 2. The number of aliphatic imine (C=N–C) groups is 1. The van der Waals surface area contributed by atoms with Gasteiger partial charge in [0.2, 0.25) is 5.91 Å². The van der Waals surface area contributed by atoms with Crippen LogP contribution in [0.25, 0.3) is 0 Å². The summed E-state index contributed by atoms with van der Waals surface area (Å²) in [5, 5.41) is 6.34. The molecule has 7 heteroatoms. The van der Waals surface area contributed by atoms with Gasteiger partial charge in [0, 0.05) is 46.3 Å². The van der Waals surface area contributed by atoms with E-state index >= 15 is 0 Å². The Morgan fingerprint density at radius 3 is 2.24 bits per heavy atom. The molecule has 33 heavy (non-hydrogen) atoms. The Labute approximate surface area is 196 Å². The van der Waals surface area contributed by atoms with E-state index in [0.717, 1.165) is 37.9 Å². The van der Waals surface area contributed by atoms with E-state index in [1.54, 1.807) is 26.0 Å². The highest BCUT2D eigenvalue weighted by Gasteiger charge is 2.23. The van der Waals surface area contributed by atoms with Crippen molar-refractivity contribution in [1.29, 1.82) is 0 Å². The lowest BCUT2D eigenvalue weighted by Gasteiger charge is -2.32. The summed E-state index contributed by atoms with van der Waals surface area (Å²) in [7, 11) is 5.16. The quantitative estimate of drug-likeness (QED) is 0.503. The lowest BCUT2D eigenvalue weighted by atomic mass is 9.90. The number of piperidine rings is 1. The van der Waals surface area contributed by atoms with Crippen LogP contribution in [-0.2, 0) is 17.8 Å². The molecule has 1 aliphatic rings. The molecule has 0 unspecified atom stereocenters. The fourth-order valence-corrected chi connectivity index (χ4v) is 4.03. The maximum Gasteiger partial charge on any atom is 0.253 e. The van der Waals surface area contributed by atoms with Crippen molar-refractivity contribution in [1.82, 2.24) is 20.4 Å². The monoisotopic (exact) mass is 449 g/mol. The van der Waals surface area contributed by atoms with Crippen molar-refractivity contribution in [2.24, 2.45) is 10.9 Å². The number of hydrogen-bond donors (Lipinski definition) is 2.